The lowest BCUT2D eigenvalue weighted by Gasteiger charge is -2.61. The van der Waals surface area contributed by atoms with E-state index in [1.165, 1.54) is 11.2 Å². The molecule has 1 aromatic rings. The van der Waals surface area contributed by atoms with Crippen molar-refractivity contribution in [1.29, 1.82) is 0 Å². The van der Waals surface area contributed by atoms with Crippen molar-refractivity contribution >= 4 is 15.9 Å². The van der Waals surface area contributed by atoms with E-state index in [2.05, 4.69) is 14.9 Å². The number of sulfonamides is 1. The minimum atomic E-state index is -4.72. The van der Waals surface area contributed by atoms with Gasteiger partial charge in [0.05, 0.1) is 11.9 Å². The topological polar surface area (TPSA) is 86.7 Å². The number of carbonyl (C=O) groups excluding carboxylic acids is 1. The molecule has 3 fully saturated rings. The van der Waals surface area contributed by atoms with Crippen LogP contribution in [0.25, 0.3) is 0 Å². The monoisotopic (exact) mass is 447 g/mol. The molecule has 166 valence electrons. The van der Waals surface area contributed by atoms with Crippen LogP contribution in [-0.2, 0) is 21.0 Å². The number of hydrogen-bond acceptors (Lipinski definition) is 6. The van der Waals surface area contributed by atoms with Crippen LogP contribution >= 0.6 is 0 Å². The Morgan fingerprint density at radius 3 is 2.27 bits per heavy atom. The van der Waals surface area contributed by atoms with E-state index in [0.29, 0.717) is 19.1 Å². The molecule has 1 spiro atoms. The SMILES string of the molecule is CC(=O)N1CCC(N2CC3(C2)CN(S(=O)(=O)c2cnc(C(F)(F)F)nc2C)C3)CC1. The van der Waals surface area contributed by atoms with E-state index in [1.807, 2.05) is 4.90 Å². The summed E-state index contributed by atoms with van der Waals surface area (Å²) >= 11 is 0. The van der Waals surface area contributed by atoms with Crippen LogP contribution in [0.1, 0.15) is 31.3 Å². The minimum absolute atomic E-state index is 0.0918. The van der Waals surface area contributed by atoms with Gasteiger partial charge in [-0.25, -0.2) is 18.4 Å². The molecule has 4 rings (SSSR count). The maximum Gasteiger partial charge on any atom is 0.451 e. The summed E-state index contributed by atoms with van der Waals surface area (Å²) in [5.74, 6) is -1.25. The highest BCUT2D eigenvalue weighted by Crippen LogP contribution is 2.44. The first-order valence-electron chi connectivity index (χ1n) is 9.82. The molecular weight excluding hydrogens is 423 g/mol. The quantitative estimate of drug-likeness (QED) is 0.690. The lowest BCUT2D eigenvalue weighted by molar-refractivity contribution is -0.145. The van der Waals surface area contributed by atoms with Crippen LogP contribution in [0.5, 0.6) is 0 Å². The van der Waals surface area contributed by atoms with Crippen molar-refractivity contribution in [3.63, 3.8) is 0 Å². The molecule has 0 unspecified atom stereocenters. The van der Waals surface area contributed by atoms with E-state index in [4.69, 9.17) is 0 Å². The number of piperidine rings is 1. The van der Waals surface area contributed by atoms with Gasteiger partial charge in [-0.15, -0.1) is 0 Å². The lowest BCUT2D eigenvalue weighted by atomic mass is 9.73. The molecule has 0 atom stereocenters. The van der Waals surface area contributed by atoms with Crippen molar-refractivity contribution in [3.05, 3.63) is 17.7 Å². The molecule has 0 bridgehead atoms. The highest BCUT2D eigenvalue weighted by molar-refractivity contribution is 7.89. The molecule has 3 aliphatic rings. The number of hydrogen-bond donors (Lipinski definition) is 0. The Balaban J connectivity index is 1.34. The Kier molecular flexibility index (Phi) is 5.09. The number of carbonyl (C=O) groups is 1. The number of aryl methyl sites for hydroxylation is 1. The van der Waals surface area contributed by atoms with Gasteiger partial charge in [-0.1, -0.05) is 0 Å². The number of amides is 1. The van der Waals surface area contributed by atoms with E-state index in [9.17, 15) is 26.4 Å². The molecule has 0 saturated carbocycles. The molecule has 1 aromatic heterocycles. The summed E-state index contributed by atoms with van der Waals surface area (Å²) in [5.41, 5.74) is -0.295. The van der Waals surface area contributed by atoms with Gasteiger partial charge in [-0.05, 0) is 19.8 Å². The molecule has 0 aliphatic carbocycles. The Morgan fingerprint density at radius 2 is 1.77 bits per heavy atom. The number of aromatic nitrogens is 2. The largest absolute Gasteiger partial charge is 0.451 e. The highest BCUT2D eigenvalue weighted by atomic mass is 32.2. The third kappa shape index (κ3) is 3.69. The summed E-state index contributed by atoms with van der Waals surface area (Å²) in [5, 5.41) is 0. The summed E-state index contributed by atoms with van der Waals surface area (Å²) < 4.78 is 65.1. The average Bonchev–Trinajstić information content (AvgIpc) is 2.58. The molecule has 30 heavy (non-hydrogen) atoms. The van der Waals surface area contributed by atoms with Gasteiger partial charge in [0.1, 0.15) is 4.90 Å². The van der Waals surface area contributed by atoms with E-state index in [1.54, 1.807) is 6.92 Å². The molecule has 3 aliphatic heterocycles. The second-order valence-corrected chi connectivity index (χ2v) is 10.5. The molecule has 4 heterocycles. The molecule has 8 nitrogen and oxygen atoms in total. The fourth-order valence-electron chi connectivity index (χ4n) is 4.68. The highest BCUT2D eigenvalue weighted by Gasteiger charge is 2.56. The first-order valence-corrected chi connectivity index (χ1v) is 11.3. The number of halogens is 3. The molecule has 0 aromatic carbocycles. The second kappa shape index (κ2) is 7.13. The minimum Gasteiger partial charge on any atom is -0.343 e. The van der Waals surface area contributed by atoms with E-state index < -0.39 is 22.0 Å². The fourth-order valence-corrected chi connectivity index (χ4v) is 6.45. The third-order valence-corrected chi connectivity index (χ3v) is 8.23. The number of nitrogens with zero attached hydrogens (tertiary/aromatic N) is 5. The van der Waals surface area contributed by atoms with Crippen LogP contribution in [0.4, 0.5) is 13.2 Å². The van der Waals surface area contributed by atoms with Gasteiger partial charge in [-0.2, -0.15) is 17.5 Å². The first-order chi connectivity index (χ1) is 13.9. The van der Waals surface area contributed by atoms with Gasteiger partial charge < -0.3 is 4.90 Å². The predicted molar refractivity (Wildman–Crippen MR) is 99.8 cm³/mol. The van der Waals surface area contributed by atoms with Gasteiger partial charge in [0, 0.05) is 57.6 Å². The summed E-state index contributed by atoms with van der Waals surface area (Å²) in [7, 11) is -3.92. The van der Waals surface area contributed by atoms with Gasteiger partial charge in [0.15, 0.2) is 0 Å². The molecular formula is C18H24F3N5O3S. The molecule has 1 amide bonds. The molecule has 3 saturated heterocycles. The number of likely N-dealkylation sites (tertiary alicyclic amines) is 2. The van der Waals surface area contributed by atoms with Gasteiger partial charge in [0.2, 0.25) is 21.8 Å². The van der Waals surface area contributed by atoms with E-state index in [-0.39, 0.29) is 21.9 Å². The van der Waals surface area contributed by atoms with Gasteiger partial charge >= 0.3 is 6.18 Å². The van der Waals surface area contributed by atoms with Crippen LogP contribution in [-0.4, -0.2) is 83.7 Å². The first kappa shape index (κ1) is 21.4. The Bertz CT molecular complexity index is 946. The zero-order valence-electron chi connectivity index (χ0n) is 16.8. The molecule has 0 N–H and O–H groups in total. The zero-order chi connectivity index (χ0) is 21.9. The van der Waals surface area contributed by atoms with Crippen molar-refractivity contribution in [1.82, 2.24) is 24.1 Å². The van der Waals surface area contributed by atoms with E-state index in [0.717, 1.165) is 45.2 Å². The maximum absolute atomic E-state index is 12.8. The molecule has 12 heteroatoms. The zero-order valence-corrected chi connectivity index (χ0v) is 17.6. The van der Waals surface area contributed by atoms with Crippen LogP contribution in [0.2, 0.25) is 0 Å². The fraction of sp³-hybridized carbons (Fsp3) is 0.722. The van der Waals surface area contributed by atoms with Crippen LogP contribution in [0.3, 0.4) is 0 Å². The number of alkyl halides is 3. The summed E-state index contributed by atoms with van der Waals surface area (Å²) in [6, 6.07) is 0.405. The summed E-state index contributed by atoms with van der Waals surface area (Å²) in [4.78, 5) is 21.9. The lowest BCUT2D eigenvalue weighted by Crippen LogP contribution is -2.74. The Labute approximate surface area is 173 Å². The second-order valence-electron chi connectivity index (χ2n) is 8.56. The van der Waals surface area contributed by atoms with E-state index >= 15 is 0 Å². The van der Waals surface area contributed by atoms with Crippen LogP contribution in [0, 0.1) is 12.3 Å². The van der Waals surface area contributed by atoms with Gasteiger partial charge in [0.25, 0.3) is 0 Å². The number of rotatable bonds is 3. The van der Waals surface area contributed by atoms with Crippen molar-refractivity contribution in [2.45, 2.75) is 43.8 Å². The smallest absolute Gasteiger partial charge is 0.343 e. The average molecular weight is 447 g/mol. The van der Waals surface area contributed by atoms with Crippen LogP contribution in [0.15, 0.2) is 11.1 Å². The normalized spacial score (nSPS) is 23.3. The Hall–Kier alpha value is -1.79. The van der Waals surface area contributed by atoms with Gasteiger partial charge in [-0.3, -0.25) is 9.69 Å². The molecule has 0 radical (unpaired) electrons. The van der Waals surface area contributed by atoms with Crippen LogP contribution < -0.4 is 0 Å². The maximum atomic E-state index is 12.8. The summed E-state index contributed by atoms with van der Waals surface area (Å²) in [6.07, 6.45) is -2.13. The Morgan fingerprint density at radius 1 is 1.17 bits per heavy atom. The van der Waals surface area contributed by atoms with Crippen molar-refractivity contribution in [2.75, 3.05) is 39.3 Å². The predicted octanol–water partition coefficient (Wildman–Crippen LogP) is 1.12. The van der Waals surface area contributed by atoms with Crippen molar-refractivity contribution < 1.29 is 26.4 Å². The van der Waals surface area contributed by atoms with Crippen molar-refractivity contribution in [3.8, 4) is 0 Å². The third-order valence-electron chi connectivity index (χ3n) is 6.33. The standard InChI is InChI=1S/C18H24F3N5O3S/c1-12-15(7-22-16(23-12)18(19,20)21)30(28,29)26-10-17(11-26)8-25(9-17)14-3-5-24(6-4-14)13(2)27/h7,14H,3-6,8-11H2,1-2H3. The summed E-state index contributed by atoms with van der Waals surface area (Å²) in [6.45, 7) is 6.60. The van der Waals surface area contributed by atoms with Crippen molar-refractivity contribution in [2.24, 2.45) is 5.41 Å².